The van der Waals surface area contributed by atoms with Crippen molar-refractivity contribution in [3.8, 4) is 11.5 Å². The van der Waals surface area contributed by atoms with Crippen molar-refractivity contribution in [2.75, 3.05) is 32.1 Å². The van der Waals surface area contributed by atoms with Crippen LogP contribution in [0.15, 0.2) is 48.5 Å². The maximum absolute atomic E-state index is 12.3. The number of phenols is 1. The molecule has 2 aromatic carbocycles. The zero-order chi connectivity index (χ0) is 17.5. The Kier molecular flexibility index (Phi) is 6.07. The Balaban J connectivity index is 1.95. The van der Waals surface area contributed by atoms with Crippen molar-refractivity contribution >= 4 is 11.6 Å². The molecule has 5 heteroatoms. The summed E-state index contributed by atoms with van der Waals surface area (Å²) in [5.74, 6) is 0.238. The summed E-state index contributed by atoms with van der Waals surface area (Å²) in [5, 5.41) is 9.67. The summed E-state index contributed by atoms with van der Waals surface area (Å²) in [5.41, 5.74) is 2.19. The maximum atomic E-state index is 12.3. The van der Waals surface area contributed by atoms with Gasteiger partial charge in [0.15, 0.2) is 18.1 Å². The van der Waals surface area contributed by atoms with Crippen molar-refractivity contribution in [3.63, 3.8) is 0 Å². The van der Waals surface area contributed by atoms with Crippen LogP contribution >= 0.6 is 0 Å². The molecule has 128 valence electrons. The van der Waals surface area contributed by atoms with E-state index in [4.69, 9.17) is 4.74 Å². The Morgan fingerprint density at radius 2 is 1.75 bits per heavy atom. The fourth-order valence-corrected chi connectivity index (χ4v) is 2.31. The number of ether oxygens (including phenoxy) is 1. The molecule has 0 aliphatic carbocycles. The molecule has 0 unspecified atom stereocenters. The number of carbonyl (C=O) groups is 1. The smallest absolute Gasteiger partial charge is 0.260 e. The normalized spacial score (nSPS) is 10.3. The van der Waals surface area contributed by atoms with Gasteiger partial charge in [0.2, 0.25) is 0 Å². The van der Waals surface area contributed by atoms with Crippen LogP contribution in [0.1, 0.15) is 12.5 Å². The third-order valence-corrected chi connectivity index (χ3v) is 3.78. The molecular formula is C19H24N2O3. The number of para-hydroxylation sites is 2. The van der Waals surface area contributed by atoms with Crippen LogP contribution in [0, 0.1) is 0 Å². The monoisotopic (exact) mass is 328 g/mol. The molecule has 0 fully saturated rings. The molecule has 0 spiro atoms. The molecule has 2 rings (SSSR count). The molecule has 0 aromatic heterocycles. The molecule has 2 aromatic rings. The predicted octanol–water partition coefficient (Wildman–Crippen LogP) is 2.89. The first-order chi connectivity index (χ1) is 11.5. The molecular weight excluding hydrogens is 304 g/mol. The number of anilines is 1. The molecule has 24 heavy (non-hydrogen) atoms. The topological polar surface area (TPSA) is 53.0 Å². The number of phenolic OH excluding ortho intramolecular Hbond substituents is 1. The van der Waals surface area contributed by atoms with E-state index in [1.165, 1.54) is 6.07 Å². The fourth-order valence-electron chi connectivity index (χ4n) is 2.31. The minimum Gasteiger partial charge on any atom is -0.504 e. The van der Waals surface area contributed by atoms with Crippen molar-refractivity contribution < 1.29 is 14.6 Å². The van der Waals surface area contributed by atoms with E-state index in [0.717, 1.165) is 11.3 Å². The fraction of sp³-hybridized carbons (Fsp3) is 0.316. The van der Waals surface area contributed by atoms with E-state index in [1.54, 1.807) is 23.1 Å². The highest BCUT2D eigenvalue weighted by atomic mass is 16.5. The van der Waals surface area contributed by atoms with Crippen LogP contribution in [0.3, 0.4) is 0 Å². The minimum absolute atomic E-state index is 0.0348. The van der Waals surface area contributed by atoms with Gasteiger partial charge in [-0.05, 0) is 36.8 Å². The van der Waals surface area contributed by atoms with Gasteiger partial charge in [-0.15, -0.1) is 0 Å². The van der Waals surface area contributed by atoms with E-state index in [1.807, 2.05) is 50.2 Å². The highest BCUT2D eigenvalue weighted by molar-refractivity contribution is 5.77. The third-order valence-electron chi connectivity index (χ3n) is 3.78. The first-order valence-electron chi connectivity index (χ1n) is 7.96. The average Bonchev–Trinajstić information content (AvgIpc) is 2.59. The van der Waals surface area contributed by atoms with E-state index < -0.39 is 0 Å². The van der Waals surface area contributed by atoms with E-state index >= 15 is 0 Å². The molecule has 1 amide bonds. The lowest BCUT2D eigenvalue weighted by atomic mass is 10.2. The van der Waals surface area contributed by atoms with Gasteiger partial charge in [0, 0.05) is 32.9 Å². The maximum Gasteiger partial charge on any atom is 0.260 e. The number of nitrogens with zero attached hydrogens (tertiary/aromatic N) is 2. The molecule has 0 aliphatic rings. The molecule has 1 N–H and O–H groups in total. The summed E-state index contributed by atoms with van der Waals surface area (Å²) in [4.78, 5) is 16.1. The standard InChI is InChI=1S/C19H24N2O3/c1-4-21(13-15-9-11-16(12-10-15)20(2)3)19(23)14-24-18-8-6-5-7-17(18)22/h5-12,22H,4,13-14H2,1-3H3. The number of carbonyl (C=O) groups excluding carboxylic acids is 1. The first-order valence-corrected chi connectivity index (χ1v) is 7.96. The third kappa shape index (κ3) is 4.65. The van der Waals surface area contributed by atoms with Crippen molar-refractivity contribution in [1.29, 1.82) is 0 Å². The minimum atomic E-state index is -0.113. The van der Waals surface area contributed by atoms with Crippen LogP contribution in [0.5, 0.6) is 11.5 Å². The summed E-state index contributed by atoms with van der Waals surface area (Å²) in [6, 6.07) is 14.7. The Morgan fingerprint density at radius 3 is 2.33 bits per heavy atom. The lowest BCUT2D eigenvalue weighted by molar-refractivity contribution is -0.133. The average molecular weight is 328 g/mol. The quantitative estimate of drug-likeness (QED) is 0.849. The molecule has 0 saturated carbocycles. The summed E-state index contributed by atoms with van der Waals surface area (Å²) in [7, 11) is 3.99. The number of benzene rings is 2. The van der Waals surface area contributed by atoms with Gasteiger partial charge in [-0.3, -0.25) is 4.79 Å². The molecule has 0 aliphatic heterocycles. The molecule has 0 radical (unpaired) electrons. The van der Waals surface area contributed by atoms with E-state index in [2.05, 4.69) is 0 Å². The van der Waals surface area contributed by atoms with E-state index in [9.17, 15) is 9.90 Å². The summed E-state index contributed by atoms with van der Waals surface area (Å²) < 4.78 is 5.42. The number of likely N-dealkylation sites (N-methyl/N-ethyl adjacent to an activating group) is 1. The first kappa shape index (κ1) is 17.7. The van der Waals surface area contributed by atoms with Crippen LogP contribution in [0.2, 0.25) is 0 Å². The number of hydrogen-bond donors (Lipinski definition) is 1. The molecule has 0 bridgehead atoms. The summed E-state index contributed by atoms with van der Waals surface area (Å²) >= 11 is 0. The van der Waals surface area contributed by atoms with Gasteiger partial charge in [-0.2, -0.15) is 0 Å². The Hall–Kier alpha value is -2.69. The van der Waals surface area contributed by atoms with Crippen molar-refractivity contribution in [1.82, 2.24) is 4.90 Å². The lowest BCUT2D eigenvalue weighted by Crippen LogP contribution is -2.34. The number of rotatable bonds is 7. The van der Waals surface area contributed by atoms with Gasteiger partial charge in [-0.1, -0.05) is 24.3 Å². The Bertz CT molecular complexity index is 669. The van der Waals surface area contributed by atoms with Gasteiger partial charge in [0.1, 0.15) is 0 Å². The SMILES string of the molecule is CCN(Cc1ccc(N(C)C)cc1)C(=O)COc1ccccc1O. The van der Waals surface area contributed by atoms with Crippen LogP contribution in [-0.4, -0.2) is 43.2 Å². The van der Waals surface area contributed by atoms with Crippen molar-refractivity contribution in [2.45, 2.75) is 13.5 Å². The van der Waals surface area contributed by atoms with Crippen LogP contribution in [0.4, 0.5) is 5.69 Å². The molecule has 0 atom stereocenters. The highest BCUT2D eigenvalue weighted by Crippen LogP contribution is 2.24. The second kappa shape index (κ2) is 8.24. The van der Waals surface area contributed by atoms with Gasteiger partial charge in [0.05, 0.1) is 0 Å². The van der Waals surface area contributed by atoms with Crippen LogP contribution in [0.25, 0.3) is 0 Å². The van der Waals surface area contributed by atoms with Crippen molar-refractivity contribution in [2.24, 2.45) is 0 Å². The predicted molar refractivity (Wildman–Crippen MR) is 95.5 cm³/mol. The molecule has 5 nitrogen and oxygen atoms in total. The van der Waals surface area contributed by atoms with Crippen molar-refractivity contribution in [3.05, 3.63) is 54.1 Å². The zero-order valence-electron chi connectivity index (χ0n) is 14.4. The molecule has 0 saturated heterocycles. The van der Waals surface area contributed by atoms with E-state index in [0.29, 0.717) is 18.8 Å². The summed E-state index contributed by atoms with van der Waals surface area (Å²) in [6.07, 6.45) is 0. The Labute approximate surface area is 143 Å². The second-order valence-electron chi connectivity index (χ2n) is 5.73. The van der Waals surface area contributed by atoms with Gasteiger partial charge in [-0.25, -0.2) is 0 Å². The zero-order valence-corrected chi connectivity index (χ0v) is 14.4. The molecule has 0 heterocycles. The second-order valence-corrected chi connectivity index (χ2v) is 5.73. The highest BCUT2D eigenvalue weighted by Gasteiger charge is 2.14. The van der Waals surface area contributed by atoms with Gasteiger partial charge < -0.3 is 19.6 Å². The van der Waals surface area contributed by atoms with E-state index in [-0.39, 0.29) is 18.3 Å². The van der Waals surface area contributed by atoms with Crippen LogP contribution in [-0.2, 0) is 11.3 Å². The van der Waals surface area contributed by atoms with Gasteiger partial charge in [0.25, 0.3) is 5.91 Å². The Morgan fingerprint density at radius 1 is 1.08 bits per heavy atom. The number of aromatic hydroxyl groups is 1. The van der Waals surface area contributed by atoms with Gasteiger partial charge >= 0.3 is 0 Å². The number of hydrogen-bond acceptors (Lipinski definition) is 4. The lowest BCUT2D eigenvalue weighted by Gasteiger charge is -2.22. The van der Waals surface area contributed by atoms with Crippen LogP contribution < -0.4 is 9.64 Å². The largest absolute Gasteiger partial charge is 0.504 e. The number of amides is 1. The summed E-state index contributed by atoms with van der Waals surface area (Å²) in [6.45, 7) is 2.97.